The summed E-state index contributed by atoms with van der Waals surface area (Å²) in [4.78, 5) is 0. The molecule has 0 aliphatic carbocycles. The number of rotatable bonds is 12. The Hall–Kier alpha value is 0.387. The smallest absolute Gasteiger partial charge is 0.361 e. The van der Waals surface area contributed by atoms with Crippen LogP contribution in [0.15, 0.2) is 0 Å². The van der Waals surface area contributed by atoms with Crippen molar-refractivity contribution < 1.29 is 13.3 Å². The molecule has 0 atom stereocenters. The van der Waals surface area contributed by atoms with Gasteiger partial charge in [0.05, 0.1) is 0 Å². The second kappa shape index (κ2) is 9.19. The normalized spacial score (nSPS) is 14.3. The van der Waals surface area contributed by atoms with Gasteiger partial charge in [-0.25, -0.2) is 0 Å². The Morgan fingerprint density at radius 2 is 0.826 bits per heavy atom. The molecule has 3 nitrogen and oxygen atoms in total. The Labute approximate surface area is 150 Å². The van der Waals surface area contributed by atoms with E-state index < -0.39 is 8.11 Å². The Kier molecular flexibility index (Phi) is 9.34. The fourth-order valence-corrected chi connectivity index (χ4v) is 3.71. The fourth-order valence-electron chi connectivity index (χ4n) is 1.28. The molecule has 0 heterocycles. The maximum absolute atomic E-state index is 6.70. The highest BCUT2D eigenvalue weighted by atomic mass is 35.6. The van der Waals surface area contributed by atoms with Crippen molar-refractivity contribution in [2.24, 2.45) is 16.2 Å². The first-order valence-electron chi connectivity index (χ1n) is 8.91. The van der Waals surface area contributed by atoms with E-state index in [0.29, 0.717) is 19.8 Å². The Bertz CT molecular complexity index is 293. The van der Waals surface area contributed by atoms with Crippen molar-refractivity contribution in [2.45, 2.75) is 81.6 Å². The quantitative estimate of drug-likeness (QED) is 0.312. The molecule has 0 N–H and O–H groups in total. The molecule has 0 bridgehead atoms. The highest BCUT2D eigenvalue weighted by Gasteiger charge is 2.44. The van der Waals surface area contributed by atoms with Gasteiger partial charge >= 0.3 is 8.11 Å². The van der Waals surface area contributed by atoms with Crippen LogP contribution in [0.2, 0.25) is 0 Å². The van der Waals surface area contributed by atoms with E-state index in [1.807, 2.05) is 0 Å². The number of hydrogen-bond donors (Lipinski definition) is 0. The van der Waals surface area contributed by atoms with E-state index in [4.69, 9.17) is 24.4 Å². The second-order valence-corrected chi connectivity index (χ2v) is 12.1. The van der Waals surface area contributed by atoms with Crippen LogP contribution in [0.1, 0.15) is 81.6 Å². The molecule has 0 rings (SSSR count). The minimum atomic E-state index is -3.16. The lowest BCUT2D eigenvalue weighted by Gasteiger charge is -2.34. The summed E-state index contributed by atoms with van der Waals surface area (Å²) in [6.45, 7) is 21.2. The second-order valence-electron chi connectivity index (χ2n) is 8.90. The van der Waals surface area contributed by atoms with E-state index in [0.717, 1.165) is 19.3 Å². The Balaban J connectivity index is 4.89. The molecule has 0 aromatic rings. The van der Waals surface area contributed by atoms with Crippen molar-refractivity contribution in [3.63, 3.8) is 0 Å². The molecule has 0 aliphatic heterocycles. The van der Waals surface area contributed by atoms with Crippen LogP contribution in [0.3, 0.4) is 0 Å². The molecule has 23 heavy (non-hydrogen) atoms. The topological polar surface area (TPSA) is 27.7 Å². The van der Waals surface area contributed by atoms with E-state index >= 15 is 0 Å². The summed E-state index contributed by atoms with van der Waals surface area (Å²) in [5.74, 6) is 0. The van der Waals surface area contributed by atoms with Crippen LogP contribution < -0.4 is 0 Å². The number of hydrogen-bond acceptors (Lipinski definition) is 3. The van der Waals surface area contributed by atoms with E-state index in [2.05, 4.69) is 62.3 Å². The third-order valence-corrected chi connectivity index (χ3v) is 7.23. The first-order valence-corrected chi connectivity index (χ1v) is 11.6. The van der Waals surface area contributed by atoms with E-state index in [1.54, 1.807) is 0 Å². The molecule has 0 saturated heterocycles. The highest BCUT2D eigenvalue weighted by molar-refractivity contribution is 7.09. The van der Waals surface area contributed by atoms with Gasteiger partial charge in [-0.3, -0.25) is 0 Å². The third kappa shape index (κ3) is 10.1. The van der Waals surface area contributed by atoms with Crippen LogP contribution in [0.25, 0.3) is 0 Å². The van der Waals surface area contributed by atoms with Crippen molar-refractivity contribution in [1.29, 1.82) is 0 Å². The van der Waals surface area contributed by atoms with Crippen LogP contribution in [0, 0.1) is 16.2 Å². The zero-order chi connectivity index (χ0) is 18.4. The van der Waals surface area contributed by atoms with Crippen LogP contribution in [-0.4, -0.2) is 27.9 Å². The SMILES string of the molecule is CCC(C)(C)CO[Si](Cl)(OCC(C)(C)CC)OCC(C)(C)CC. The molecule has 0 amide bonds. The molecule has 5 heteroatoms. The van der Waals surface area contributed by atoms with Crippen molar-refractivity contribution in [1.82, 2.24) is 0 Å². The van der Waals surface area contributed by atoms with Gasteiger partial charge in [-0.1, -0.05) is 73.4 Å². The van der Waals surface area contributed by atoms with Gasteiger partial charge in [-0.15, -0.1) is 0 Å². The monoisotopic (exact) mass is 366 g/mol. The predicted molar refractivity (Wildman–Crippen MR) is 102 cm³/mol. The average Bonchev–Trinajstić information content (AvgIpc) is 2.50. The molecule has 0 aromatic carbocycles. The van der Waals surface area contributed by atoms with Gasteiger partial charge in [0.25, 0.3) is 0 Å². The van der Waals surface area contributed by atoms with Crippen molar-refractivity contribution in [3.05, 3.63) is 0 Å². The van der Waals surface area contributed by atoms with Crippen LogP contribution in [0.4, 0.5) is 0 Å². The first-order chi connectivity index (χ1) is 10.3. The zero-order valence-electron chi connectivity index (χ0n) is 16.8. The first kappa shape index (κ1) is 23.4. The van der Waals surface area contributed by atoms with E-state index in [9.17, 15) is 0 Å². The highest BCUT2D eigenvalue weighted by Crippen LogP contribution is 2.30. The van der Waals surface area contributed by atoms with Gasteiger partial charge in [0.1, 0.15) is 0 Å². The van der Waals surface area contributed by atoms with Crippen molar-refractivity contribution >= 4 is 19.2 Å². The molecule has 0 saturated carbocycles. The van der Waals surface area contributed by atoms with E-state index in [1.165, 1.54) is 0 Å². The van der Waals surface area contributed by atoms with Crippen LogP contribution >= 0.6 is 11.1 Å². The Morgan fingerprint density at radius 1 is 0.609 bits per heavy atom. The lowest BCUT2D eigenvalue weighted by molar-refractivity contribution is 0.0118. The summed E-state index contributed by atoms with van der Waals surface area (Å²) in [6.07, 6.45) is 3.07. The van der Waals surface area contributed by atoms with Crippen molar-refractivity contribution in [2.75, 3.05) is 19.8 Å². The lowest BCUT2D eigenvalue weighted by Crippen LogP contribution is -2.46. The van der Waals surface area contributed by atoms with E-state index in [-0.39, 0.29) is 16.2 Å². The lowest BCUT2D eigenvalue weighted by atomic mass is 9.92. The van der Waals surface area contributed by atoms with Gasteiger partial charge in [-0.05, 0) is 35.5 Å². The standard InChI is InChI=1S/C18H39ClO3Si/c1-10-16(4,5)13-20-23(19,21-14-17(6,7)11-2)22-15-18(8,9)12-3/h10-15H2,1-9H3. The summed E-state index contributed by atoms with van der Waals surface area (Å²) in [5.41, 5.74) is 0.210. The van der Waals surface area contributed by atoms with Gasteiger partial charge < -0.3 is 13.3 Å². The summed E-state index contributed by atoms with van der Waals surface area (Å²) >= 11 is 6.70. The minimum absolute atomic E-state index is 0.0698. The Morgan fingerprint density at radius 3 is 1.00 bits per heavy atom. The summed E-state index contributed by atoms with van der Waals surface area (Å²) < 4.78 is 18.1. The summed E-state index contributed by atoms with van der Waals surface area (Å²) in [7, 11) is -3.16. The maximum Gasteiger partial charge on any atom is 0.613 e. The predicted octanol–water partition coefficient (Wildman–Crippen LogP) is 6.02. The maximum atomic E-state index is 6.70. The summed E-state index contributed by atoms with van der Waals surface area (Å²) in [5, 5.41) is 0. The molecule has 0 spiro atoms. The molecule has 0 radical (unpaired) electrons. The summed E-state index contributed by atoms with van der Waals surface area (Å²) in [6, 6.07) is 0. The third-order valence-electron chi connectivity index (χ3n) is 4.78. The molecule has 0 fully saturated rings. The van der Waals surface area contributed by atoms with Gasteiger partial charge in [-0.2, -0.15) is 0 Å². The largest absolute Gasteiger partial charge is 0.613 e. The fraction of sp³-hybridized carbons (Fsp3) is 1.00. The number of halogens is 1. The van der Waals surface area contributed by atoms with Crippen LogP contribution in [-0.2, 0) is 13.3 Å². The minimum Gasteiger partial charge on any atom is -0.361 e. The van der Waals surface area contributed by atoms with Crippen molar-refractivity contribution in [3.8, 4) is 0 Å². The van der Waals surface area contributed by atoms with Gasteiger partial charge in [0.15, 0.2) is 0 Å². The zero-order valence-corrected chi connectivity index (χ0v) is 18.6. The molecular weight excluding hydrogens is 328 g/mol. The van der Waals surface area contributed by atoms with Gasteiger partial charge in [0.2, 0.25) is 0 Å². The molecule has 0 unspecified atom stereocenters. The molecule has 0 aromatic heterocycles. The molecule has 0 aliphatic rings. The van der Waals surface area contributed by atoms with Gasteiger partial charge in [0, 0.05) is 19.8 Å². The molecule has 140 valence electrons. The van der Waals surface area contributed by atoms with Crippen LogP contribution in [0.5, 0.6) is 0 Å². The molecular formula is C18H39ClO3Si. The average molecular weight is 367 g/mol.